The number of hydrogen-bond donors (Lipinski definition) is 0. The molecule has 4 nitrogen and oxygen atoms in total. The van der Waals surface area contributed by atoms with Crippen LogP contribution in [0.1, 0.15) is 63.9 Å². The quantitative estimate of drug-likeness (QED) is 0.571. The van der Waals surface area contributed by atoms with E-state index in [2.05, 4.69) is 43.7 Å². The maximum Gasteiger partial charge on any atom is 0.185 e. The third kappa shape index (κ3) is 5.66. The lowest BCUT2D eigenvalue weighted by Gasteiger charge is -2.37. The Labute approximate surface area is 145 Å². The molecule has 0 atom stereocenters. The fourth-order valence-electron chi connectivity index (χ4n) is 2.98. The van der Waals surface area contributed by atoms with Crippen molar-refractivity contribution in [2.75, 3.05) is 13.1 Å². The van der Waals surface area contributed by atoms with Gasteiger partial charge in [-0.3, -0.25) is 9.78 Å². The lowest BCUT2D eigenvalue weighted by Crippen LogP contribution is -2.37. The van der Waals surface area contributed by atoms with Gasteiger partial charge in [-0.15, -0.1) is 0 Å². The summed E-state index contributed by atoms with van der Waals surface area (Å²) in [4.78, 5) is 18.8. The SMILES string of the molecule is CC/C=C(/OC(C)(C)C)N1CCC(CC(=O)c2ccccn2)CC1. The Balaban J connectivity index is 1.88. The predicted octanol–water partition coefficient (Wildman–Crippen LogP) is 4.43. The number of likely N-dealkylation sites (tertiary alicyclic amines) is 1. The van der Waals surface area contributed by atoms with E-state index in [1.54, 1.807) is 12.3 Å². The molecule has 132 valence electrons. The molecule has 0 radical (unpaired) electrons. The third-order valence-corrected chi connectivity index (χ3v) is 4.14. The van der Waals surface area contributed by atoms with E-state index in [1.807, 2.05) is 12.1 Å². The van der Waals surface area contributed by atoms with Crippen molar-refractivity contribution < 1.29 is 9.53 Å². The number of nitrogens with zero attached hydrogens (tertiary/aromatic N) is 2. The van der Waals surface area contributed by atoms with E-state index >= 15 is 0 Å². The largest absolute Gasteiger partial charge is 0.474 e. The number of carbonyl (C=O) groups is 1. The minimum atomic E-state index is -0.188. The number of pyridine rings is 1. The smallest absolute Gasteiger partial charge is 0.185 e. The number of rotatable bonds is 6. The molecule has 0 spiro atoms. The number of allylic oxidation sites excluding steroid dienone is 1. The molecule has 1 aromatic heterocycles. The molecule has 0 bridgehead atoms. The van der Waals surface area contributed by atoms with Crippen LogP contribution in [0.5, 0.6) is 0 Å². The van der Waals surface area contributed by atoms with E-state index < -0.39 is 0 Å². The highest BCUT2D eigenvalue weighted by Gasteiger charge is 2.25. The summed E-state index contributed by atoms with van der Waals surface area (Å²) in [6.07, 6.45) is 7.44. The first-order chi connectivity index (χ1) is 11.4. The van der Waals surface area contributed by atoms with Gasteiger partial charge in [-0.05, 0) is 64.2 Å². The predicted molar refractivity (Wildman–Crippen MR) is 96.7 cm³/mol. The van der Waals surface area contributed by atoms with Gasteiger partial charge in [-0.25, -0.2) is 0 Å². The number of aromatic nitrogens is 1. The number of carbonyl (C=O) groups excluding carboxylic acids is 1. The first-order valence-electron chi connectivity index (χ1n) is 8.97. The zero-order valence-electron chi connectivity index (χ0n) is 15.4. The summed E-state index contributed by atoms with van der Waals surface area (Å²) in [5.74, 6) is 1.58. The summed E-state index contributed by atoms with van der Waals surface area (Å²) < 4.78 is 6.11. The lowest BCUT2D eigenvalue weighted by molar-refractivity contribution is -0.00744. The highest BCUT2D eigenvalue weighted by molar-refractivity contribution is 5.94. The Hall–Kier alpha value is -1.84. The summed E-state index contributed by atoms with van der Waals surface area (Å²) in [5.41, 5.74) is 0.398. The van der Waals surface area contributed by atoms with Crippen LogP contribution in [0, 0.1) is 5.92 Å². The van der Waals surface area contributed by atoms with Gasteiger partial charge >= 0.3 is 0 Å². The molecule has 0 aromatic carbocycles. The van der Waals surface area contributed by atoms with Gasteiger partial charge in [0.15, 0.2) is 11.7 Å². The molecule has 2 heterocycles. The van der Waals surface area contributed by atoms with Gasteiger partial charge in [0, 0.05) is 25.7 Å². The van der Waals surface area contributed by atoms with Gasteiger partial charge in [0.2, 0.25) is 0 Å². The maximum atomic E-state index is 12.3. The van der Waals surface area contributed by atoms with Crippen LogP contribution in [0.4, 0.5) is 0 Å². The maximum absolute atomic E-state index is 12.3. The molecule has 1 saturated heterocycles. The van der Waals surface area contributed by atoms with Crippen LogP contribution >= 0.6 is 0 Å². The van der Waals surface area contributed by atoms with Crippen LogP contribution in [0.3, 0.4) is 0 Å². The second-order valence-electron chi connectivity index (χ2n) is 7.44. The summed E-state index contributed by atoms with van der Waals surface area (Å²) in [6.45, 7) is 10.3. The Morgan fingerprint density at radius 1 is 1.33 bits per heavy atom. The summed E-state index contributed by atoms with van der Waals surface area (Å²) in [5, 5.41) is 0. The monoisotopic (exact) mass is 330 g/mol. The number of ether oxygens (including phenoxy) is 1. The van der Waals surface area contributed by atoms with Crippen LogP contribution in [-0.4, -0.2) is 34.4 Å². The topological polar surface area (TPSA) is 42.4 Å². The fraction of sp³-hybridized carbons (Fsp3) is 0.600. The molecule has 1 aliphatic rings. The Kier molecular flexibility index (Phi) is 6.41. The number of piperidine rings is 1. The fourth-order valence-corrected chi connectivity index (χ4v) is 2.98. The van der Waals surface area contributed by atoms with Crippen LogP contribution in [0.25, 0.3) is 0 Å². The zero-order chi connectivity index (χ0) is 17.6. The molecule has 2 rings (SSSR count). The highest BCUT2D eigenvalue weighted by atomic mass is 16.5. The van der Waals surface area contributed by atoms with Crippen molar-refractivity contribution >= 4 is 5.78 Å². The third-order valence-electron chi connectivity index (χ3n) is 4.14. The van der Waals surface area contributed by atoms with Gasteiger partial charge in [0.1, 0.15) is 11.3 Å². The Morgan fingerprint density at radius 2 is 2.04 bits per heavy atom. The normalized spacial score (nSPS) is 17.0. The van der Waals surface area contributed by atoms with Crippen molar-refractivity contribution in [1.29, 1.82) is 0 Å². The second-order valence-corrected chi connectivity index (χ2v) is 7.44. The van der Waals surface area contributed by atoms with E-state index in [1.165, 1.54) is 0 Å². The lowest BCUT2D eigenvalue weighted by atomic mass is 9.91. The average Bonchev–Trinajstić information content (AvgIpc) is 2.55. The van der Waals surface area contributed by atoms with Gasteiger partial charge in [-0.2, -0.15) is 0 Å². The standard InChI is InChI=1S/C20H30N2O2/c1-5-8-19(24-20(2,3)4)22-13-10-16(11-14-22)15-18(23)17-9-6-7-12-21-17/h6-9,12,16H,5,10-11,13-15H2,1-4H3/b19-8+. The van der Waals surface area contributed by atoms with Gasteiger partial charge in [0.05, 0.1) is 0 Å². The zero-order valence-corrected chi connectivity index (χ0v) is 15.4. The van der Waals surface area contributed by atoms with E-state index in [-0.39, 0.29) is 11.4 Å². The highest BCUT2D eigenvalue weighted by Crippen LogP contribution is 2.26. The molecular weight excluding hydrogens is 300 g/mol. The number of Topliss-reactive ketones (excluding diaryl/α,β-unsaturated/α-hetero) is 1. The van der Waals surface area contributed by atoms with Crippen molar-refractivity contribution in [2.24, 2.45) is 5.92 Å². The summed E-state index contributed by atoms with van der Waals surface area (Å²) in [6, 6.07) is 5.51. The Bertz CT molecular complexity index is 553. The second kappa shape index (κ2) is 8.32. The van der Waals surface area contributed by atoms with Crippen LogP contribution in [0.15, 0.2) is 36.4 Å². The molecule has 4 heteroatoms. The van der Waals surface area contributed by atoms with Gasteiger partial charge in [0.25, 0.3) is 0 Å². The van der Waals surface area contributed by atoms with Crippen molar-refractivity contribution in [1.82, 2.24) is 9.88 Å². The van der Waals surface area contributed by atoms with Crippen LogP contribution < -0.4 is 0 Å². The van der Waals surface area contributed by atoms with Crippen molar-refractivity contribution in [3.05, 3.63) is 42.0 Å². The average molecular weight is 330 g/mol. The molecular formula is C20H30N2O2. The van der Waals surface area contributed by atoms with E-state index in [4.69, 9.17) is 4.74 Å². The van der Waals surface area contributed by atoms with Gasteiger partial charge in [-0.1, -0.05) is 13.0 Å². The summed E-state index contributed by atoms with van der Waals surface area (Å²) >= 11 is 0. The van der Waals surface area contributed by atoms with Gasteiger partial charge < -0.3 is 9.64 Å². The minimum absolute atomic E-state index is 0.157. The molecule has 1 aliphatic heterocycles. The van der Waals surface area contributed by atoms with Crippen LogP contribution in [0.2, 0.25) is 0 Å². The summed E-state index contributed by atoms with van der Waals surface area (Å²) in [7, 11) is 0. The molecule has 0 amide bonds. The molecule has 0 unspecified atom stereocenters. The molecule has 0 aliphatic carbocycles. The molecule has 0 saturated carbocycles. The van der Waals surface area contributed by atoms with Crippen molar-refractivity contribution in [2.45, 2.75) is 59.0 Å². The van der Waals surface area contributed by atoms with E-state index in [0.29, 0.717) is 18.0 Å². The number of ketones is 1. The Morgan fingerprint density at radius 3 is 2.58 bits per heavy atom. The van der Waals surface area contributed by atoms with Crippen molar-refractivity contribution in [3.8, 4) is 0 Å². The first-order valence-corrected chi connectivity index (χ1v) is 8.97. The molecule has 0 N–H and O–H groups in total. The molecule has 1 fully saturated rings. The number of hydrogen-bond acceptors (Lipinski definition) is 4. The minimum Gasteiger partial charge on any atom is -0.474 e. The molecule has 24 heavy (non-hydrogen) atoms. The van der Waals surface area contributed by atoms with E-state index in [9.17, 15) is 4.79 Å². The first kappa shape index (κ1) is 18.5. The molecule has 1 aromatic rings. The van der Waals surface area contributed by atoms with Crippen molar-refractivity contribution in [3.63, 3.8) is 0 Å². The van der Waals surface area contributed by atoms with E-state index in [0.717, 1.165) is 38.2 Å². The van der Waals surface area contributed by atoms with Crippen LogP contribution in [-0.2, 0) is 4.74 Å².